The molecule has 0 amide bonds. The van der Waals surface area contributed by atoms with Gasteiger partial charge in [-0.15, -0.1) is 5.10 Å². The lowest BCUT2D eigenvalue weighted by atomic mass is 9.91. The molecule has 1 fully saturated rings. The van der Waals surface area contributed by atoms with Crippen LogP contribution < -0.4 is 0 Å². The zero-order chi connectivity index (χ0) is 15.2. The van der Waals surface area contributed by atoms with Crippen molar-refractivity contribution in [2.24, 2.45) is 11.8 Å². The van der Waals surface area contributed by atoms with E-state index in [9.17, 15) is 0 Å². The largest absolute Gasteiger partial charge is 0.378 e. The van der Waals surface area contributed by atoms with Gasteiger partial charge in [-0.25, -0.2) is 0 Å². The maximum atomic E-state index is 5.09. The van der Waals surface area contributed by atoms with E-state index in [1.807, 2.05) is 10.9 Å². The summed E-state index contributed by atoms with van der Waals surface area (Å²) in [7, 11) is 1.69. The van der Waals surface area contributed by atoms with Crippen LogP contribution in [0.15, 0.2) is 18.3 Å². The molecule has 1 aliphatic heterocycles. The molecule has 1 atom stereocenters. The minimum Gasteiger partial charge on any atom is -0.378 e. The number of hydrogen-bond acceptors (Lipinski definition) is 4. The van der Waals surface area contributed by atoms with Crippen molar-refractivity contribution < 1.29 is 4.74 Å². The monoisotopic (exact) mass is 304 g/mol. The van der Waals surface area contributed by atoms with E-state index in [0.717, 1.165) is 24.1 Å². The van der Waals surface area contributed by atoms with Crippen LogP contribution in [0.2, 0.25) is 0 Å². The van der Waals surface area contributed by atoms with E-state index in [1.165, 1.54) is 51.7 Å². The van der Waals surface area contributed by atoms with E-state index in [-0.39, 0.29) is 0 Å². The molecule has 0 bridgehead atoms. The fourth-order valence-electron chi connectivity index (χ4n) is 3.65. The fourth-order valence-corrected chi connectivity index (χ4v) is 3.65. The molecular formula is C17H28N4O. The first-order valence-electron chi connectivity index (χ1n) is 8.59. The Kier molecular flexibility index (Phi) is 5.62. The molecule has 0 N–H and O–H groups in total. The van der Waals surface area contributed by atoms with Gasteiger partial charge >= 0.3 is 0 Å². The lowest BCUT2D eigenvalue weighted by Gasteiger charge is -2.34. The Morgan fingerprint density at radius 3 is 2.73 bits per heavy atom. The van der Waals surface area contributed by atoms with Crippen LogP contribution in [0.1, 0.15) is 37.8 Å². The van der Waals surface area contributed by atoms with Gasteiger partial charge in [-0.1, -0.05) is 17.4 Å². The maximum Gasteiger partial charge on any atom is 0.108 e. The van der Waals surface area contributed by atoms with Crippen molar-refractivity contribution >= 4 is 0 Å². The Balaban J connectivity index is 1.40. The minimum atomic E-state index is 0.550. The molecule has 0 spiro atoms. The lowest BCUT2D eigenvalue weighted by molar-refractivity contribution is 0.146. The van der Waals surface area contributed by atoms with Gasteiger partial charge in [0.05, 0.1) is 12.8 Å². The standard InChI is InChI=1S/C17H28N4O/c1-22-14-17-13-21(19-18-17)12-16-7-9-20(10-8-16)11-15-5-3-2-4-6-15/h2-3,13,15-16H,4-12,14H2,1H3/t15-/m0/s1. The van der Waals surface area contributed by atoms with Crippen molar-refractivity contribution in [3.63, 3.8) is 0 Å². The summed E-state index contributed by atoms with van der Waals surface area (Å²) in [5, 5.41) is 8.34. The Bertz CT molecular complexity index is 477. The topological polar surface area (TPSA) is 43.2 Å². The Labute approximate surface area is 133 Å². The number of piperidine rings is 1. The number of rotatable bonds is 6. The summed E-state index contributed by atoms with van der Waals surface area (Å²) in [6, 6.07) is 0. The van der Waals surface area contributed by atoms with Crippen LogP contribution in [0.25, 0.3) is 0 Å². The number of nitrogens with zero attached hydrogens (tertiary/aromatic N) is 4. The molecule has 1 aromatic rings. The highest BCUT2D eigenvalue weighted by molar-refractivity contribution is 4.92. The molecule has 0 unspecified atom stereocenters. The fraction of sp³-hybridized carbons (Fsp3) is 0.765. The highest BCUT2D eigenvalue weighted by Gasteiger charge is 2.22. The van der Waals surface area contributed by atoms with Gasteiger partial charge < -0.3 is 9.64 Å². The normalized spacial score (nSPS) is 24.0. The van der Waals surface area contributed by atoms with E-state index in [2.05, 4.69) is 27.4 Å². The number of allylic oxidation sites excluding steroid dienone is 2. The van der Waals surface area contributed by atoms with Crippen molar-refractivity contribution in [3.05, 3.63) is 24.0 Å². The SMILES string of the molecule is COCc1cn(CC2CCN(C[C@H]3CC=CCC3)CC2)nn1. The van der Waals surface area contributed by atoms with E-state index in [0.29, 0.717) is 6.61 Å². The van der Waals surface area contributed by atoms with Gasteiger partial charge in [0, 0.05) is 20.2 Å². The molecule has 2 heterocycles. The summed E-state index contributed by atoms with van der Waals surface area (Å²) in [5.74, 6) is 1.62. The Morgan fingerprint density at radius 1 is 1.14 bits per heavy atom. The molecule has 122 valence electrons. The van der Waals surface area contributed by atoms with Crippen molar-refractivity contribution in [2.75, 3.05) is 26.7 Å². The zero-order valence-corrected chi connectivity index (χ0v) is 13.7. The second kappa shape index (κ2) is 7.88. The van der Waals surface area contributed by atoms with E-state index >= 15 is 0 Å². The van der Waals surface area contributed by atoms with Crippen LogP contribution in [-0.2, 0) is 17.9 Å². The van der Waals surface area contributed by atoms with Crippen molar-refractivity contribution in [1.29, 1.82) is 0 Å². The number of methoxy groups -OCH3 is 1. The summed E-state index contributed by atoms with van der Waals surface area (Å²) in [6.07, 6.45) is 13.2. The molecule has 1 saturated heterocycles. The van der Waals surface area contributed by atoms with Crippen LogP contribution in [0.4, 0.5) is 0 Å². The molecule has 22 heavy (non-hydrogen) atoms. The third-order valence-electron chi connectivity index (χ3n) is 4.92. The van der Waals surface area contributed by atoms with Gasteiger partial charge in [-0.3, -0.25) is 4.68 Å². The van der Waals surface area contributed by atoms with Gasteiger partial charge in [-0.2, -0.15) is 0 Å². The first-order chi connectivity index (χ1) is 10.8. The third-order valence-corrected chi connectivity index (χ3v) is 4.92. The van der Waals surface area contributed by atoms with Gasteiger partial charge in [0.2, 0.25) is 0 Å². The number of hydrogen-bond donors (Lipinski definition) is 0. The predicted octanol–water partition coefficient (Wildman–Crippen LogP) is 2.49. The quantitative estimate of drug-likeness (QED) is 0.757. The molecule has 5 heteroatoms. The maximum absolute atomic E-state index is 5.09. The first-order valence-corrected chi connectivity index (χ1v) is 8.59. The summed E-state index contributed by atoms with van der Waals surface area (Å²) in [5.41, 5.74) is 0.922. The van der Waals surface area contributed by atoms with E-state index in [1.54, 1.807) is 7.11 Å². The molecule has 2 aliphatic rings. The minimum absolute atomic E-state index is 0.550. The highest BCUT2D eigenvalue weighted by Crippen LogP contribution is 2.23. The summed E-state index contributed by atoms with van der Waals surface area (Å²) < 4.78 is 7.08. The Hall–Kier alpha value is -1.20. The molecular weight excluding hydrogens is 276 g/mol. The smallest absolute Gasteiger partial charge is 0.108 e. The molecule has 0 aromatic carbocycles. The molecule has 0 radical (unpaired) electrons. The average Bonchev–Trinajstić information content (AvgIpc) is 2.98. The Morgan fingerprint density at radius 2 is 2.00 bits per heavy atom. The second-order valence-corrected chi connectivity index (χ2v) is 6.76. The summed E-state index contributed by atoms with van der Waals surface area (Å²) in [6.45, 7) is 5.32. The number of likely N-dealkylation sites (tertiary alicyclic amines) is 1. The molecule has 1 aliphatic carbocycles. The van der Waals surface area contributed by atoms with E-state index < -0.39 is 0 Å². The zero-order valence-electron chi connectivity index (χ0n) is 13.7. The molecule has 1 aromatic heterocycles. The molecule has 3 rings (SSSR count). The highest BCUT2D eigenvalue weighted by atomic mass is 16.5. The van der Waals surface area contributed by atoms with Gasteiger partial charge in [-0.05, 0) is 57.0 Å². The number of ether oxygens (including phenoxy) is 1. The van der Waals surface area contributed by atoms with Crippen LogP contribution in [0.5, 0.6) is 0 Å². The number of aromatic nitrogens is 3. The van der Waals surface area contributed by atoms with Crippen LogP contribution in [0.3, 0.4) is 0 Å². The van der Waals surface area contributed by atoms with Gasteiger partial charge in [0.1, 0.15) is 5.69 Å². The molecule has 5 nitrogen and oxygen atoms in total. The van der Waals surface area contributed by atoms with Crippen molar-refractivity contribution in [2.45, 2.75) is 45.3 Å². The van der Waals surface area contributed by atoms with Gasteiger partial charge in [0.15, 0.2) is 0 Å². The van der Waals surface area contributed by atoms with Crippen LogP contribution in [0, 0.1) is 11.8 Å². The van der Waals surface area contributed by atoms with Crippen LogP contribution >= 0.6 is 0 Å². The molecule has 0 saturated carbocycles. The van der Waals surface area contributed by atoms with Crippen molar-refractivity contribution in [3.8, 4) is 0 Å². The van der Waals surface area contributed by atoms with E-state index in [4.69, 9.17) is 4.74 Å². The average molecular weight is 304 g/mol. The lowest BCUT2D eigenvalue weighted by Crippen LogP contribution is -2.38. The third kappa shape index (κ3) is 4.40. The first kappa shape index (κ1) is 15.7. The van der Waals surface area contributed by atoms with Gasteiger partial charge in [0.25, 0.3) is 0 Å². The second-order valence-electron chi connectivity index (χ2n) is 6.76. The predicted molar refractivity (Wildman–Crippen MR) is 86.4 cm³/mol. The summed E-state index contributed by atoms with van der Waals surface area (Å²) in [4.78, 5) is 2.66. The summed E-state index contributed by atoms with van der Waals surface area (Å²) >= 11 is 0. The van der Waals surface area contributed by atoms with Crippen molar-refractivity contribution in [1.82, 2.24) is 19.9 Å². The van der Waals surface area contributed by atoms with Crippen LogP contribution in [-0.4, -0.2) is 46.6 Å².